The number of aliphatic hydroxyl groups is 1. The number of nitrogens with zero attached hydrogens (tertiary/aromatic N) is 1. The predicted molar refractivity (Wildman–Crippen MR) is 94.3 cm³/mol. The number of aromatic amines is 1. The monoisotopic (exact) mass is 326 g/mol. The normalized spacial score (nSPS) is 37.3. The highest BCUT2D eigenvalue weighted by Gasteiger charge is 2.52. The van der Waals surface area contributed by atoms with Crippen molar-refractivity contribution in [3.63, 3.8) is 0 Å². The minimum Gasteiger partial charge on any atom is -0.497 e. The molecule has 1 aromatic heterocycles. The molecule has 6 rings (SSSR count). The fraction of sp³-hybridized carbons (Fsp3) is 0.600. The van der Waals surface area contributed by atoms with Gasteiger partial charge in [0.2, 0.25) is 0 Å². The van der Waals surface area contributed by atoms with E-state index in [-0.39, 0.29) is 6.23 Å². The van der Waals surface area contributed by atoms with Gasteiger partial charge in [0, 0.05) is 35.1 Å². The molecule has 1 aromatic carbocycles. The summed E-state index contributed by atoms with van der Waals surface area (Å²) in [4.78, 5) is 6.16. The number of H-pyrrole nitrogens is 1. The van der Waals surface area contributed by atoms with Crippen LogP contribution in [0.3, 0.4) is 0 Å². The Morgan fingerprint density at radius 2 is 2.21 bits per heavy atom. The number of benzene rings is 1. The standard InChI is InChI=1S/C20H26N2O2/c1-3-11-8-12-9-16-18-14(6-7-22(19(11)16)20(12)23)15-10-13(24-2)4-5-17(15)21-18/h4-5,10-12,16,19-21,23H,3,6-9H2,1-2H3. The molecule has 0 spiro atoms. The highest BCUT2D eigenvalue weighted by atomic mass is 16.5. The summed E-state index contributed by atoms with van der Waals surface area (Å²) in [5, 5.41) is 12.1. The van der Waals surface area contributed by atoms with Gasteiger partial charge in [0.25, 0.3) is 0 Å². The summed E-state index contributed by atoms with van der Waals surface area (Å²) in [6, 6.07) is 6.84. The zero-order valence-electron chi connectivity index (χ0n) is 14.5. The molecular formula is C20H26N2O2. The molecule has 0 radical (unpaired) electrons. The molecule has 128 valence electrons. The van der Waals surface area contributed by atoms with Crippen molar-refractivity contribution in [2.24, 2.45) is 11.8 Å². The number of aromatic nitrogens is 1. The first-order valence-corrected chi connectivity index (χ1v) is 9.33. The Bertz CT molecular complexity index is 783. The molecule has 2 saturated heterocycles. The summed E-state index contributed by atoms with van der Waals surface area (Å²) >= 11 is 0. The first kappa shape index (κ1) is 14.8. The van der Waals surface area contributed by atoms with Gasteiger partial charge in [0.1, 0.15) is 12.0 Å². The molecule has 4 aliphatic rings. The number of hydrogen-bond donors (Lipinski definition) is 2. The number of aliphatic hydroxyl groups excluding tert-OH is 1. The third-order valence-corrected chi connectivity index (χ3v) is 6.86. The second-order valence-electron chi connectivity index (χ2n) is 7.83. The van der Waals surface area contributed by atoms with E-state index in [1.54, 1.807) is 7.11 Å². The zero-order chi connectivity index (χ0) is 16.4. The largest absolute Gasteiger partial charge is 0.497 e. The minimum absolute atomic E-state index is 0.237. The summed E-state index contributed by atoms with van der Waals surface area (Å²) in [5.41, 5.74) is 4.11. The Labute approximate surface area is 142 Å². The highest BCUT2D eigenvalue weighted by molar-refractivity contribution is 5.86. The van der Waals surface area contributed by atoms with Gasteiger partial charge in [0.05, 0.1) is 7.11 Å². The molecule has 1 saturated carbocycles. The van der Waals surface area contributed by atoms with Crippen LogP contribution < -0.4 is 4.74 Å². The second-order valence-corrected chi connectivity index (χ2v) is 7.83. The molecule has 3 aliphatic heterocycles. The van der Waals surface area contributed by atoms with E-state index in [0.717, 1.165) is 25.1 Å². The summed E-state index contributed by atoms with van der Waals surface area (Å²) in [6.07, 6.45) is 4.30. The molecule has 2 aromatic rings. The van der Waals surface area contributed by atoms with Crippen LogP contribution in [0.25, 0.3) is 10.9 Å². The smallest absolute Gasteiger partial charge is 0.119 e. The van der Waals surface area contributed by atoms with Gasteiger partial charge in [-0.05, 0) is 54.9 Å². The fourth-order valence-corrected chi connectivity index (χ4v) is 5.79. The van der Waals surface area contributed by atoms with Crippen LogP contribution in [0.4, 0.5) is 0 Å². The Morgan fingerprint density at radius 3 is 3.00 bits per heavy atom. The maximum absolute atomic E-state index is 10.8. The van der Waals surface area contributed by atoms with Crippen molar-refractivity contribution >= 4 is 10.9 Å². The molecule has 3 fully saturated rings. The minimum atomic E-state index is -0.237. The summed E-state index contributed by atoms with van der Waals surface area (Å²) in [7, 11) is 1.73. The van der Waals surface area contributed by atoms with E-state index in [1.807, 2.05) is 6.07 Å². The number of nitrogens with one attached hydrogen (secondary N) is 1. The molecule has 0 amide bonds. The van der Waals surface area contributed by atoms with Crippen LogP contribution in [0.1, 0.15) is 43.4 Å². The Balaban J connectivity index is 1.67. The fourth-order valence-electron chi connectivity index (χ4n) is 5.79. The zero-order valence-corrected chi connectivity index (χ0v) is 14.5. The van der Waals surface area contributed by atoms with Crippen LogP contribution in [0.5, 0.6) is 5.75 Å². The summed E-state index contributed by atoms with van der Waals surface area (Å²) < 4.78 is 5.44. The van der Waals surface area contributed by atoms with Crippen LogP contribution in [0.15, 0.2) is 18.2 Å². The van der Waals surface area contributed by atoms with Crippen LogP contribution in [0.2, 0.25) is 0 Å². The van der Waals surface area contributed by atoms with Crippen molar-refractivity contribution in [1.82, 2.24) is 9.88 Å². The van der Waals surface area contributed by atoms with E-state index in [1.165, 1.54) is 35.0 Å². The lowest BCUT2D eigenvalue weighted by molar-refractivity contribution is -0.156. The van der Waals surface area contributed by atoms with E-state index >= 15 is 0 Å². The Morgan fingerprint density at radius 1 is 1.33 bits per heavy atom. The SMILES string of the molecule is CCC1CC2CC3c4[nH]c5ccc(OC)cc5c4CCN(C2O)C13. The maximum atomic E-state index is 10.8. The first-order valence-electron chi connectivity index (χ1n) is 9.33. The molecule has 4 heterocycles. The van der Waals surface area contributed by atoms with Crippen LogP contribution in [-0.2, 0) is 6.42 Å². The molecule has 6 atom stereocenters. The molecule has 24 heavy (non-hydrogen) atoms. The third kappa shape index (κ3) is 1.87. The van der Waals surface area contributed by atoms with E-state index in [9.17, 15) is 5.11 Å². The van der Waals surface area contributed by atoms with Crippen molar-refractivity contribution in [3.05, 3.63) is 29.5 Å². The van der Waals surface area contributed by atoms with Crippen molar-refractivity contribution in [2.75, 3.05) is 13.7 Å². The summed E-state index contributed by atoms with van der Waals surface area (Å²) in [6.45, 7) is 3.27. The van der Waals surface area contributed by atoms with Gasteiger partial charge in [-0.3, -0.25) is 4.90 Å². The van der Waals surface area contributed by atoms with Crippen molar-refractivity contribution < 1.29 is 9.84 Å². The molecular weight excluding hydrogens is 300 g/mol. The molecule has 1 aliphatic carbocycles. The lowest BCUT2D eigenvalue weighted by Gasteiger charge is -2.55. The van der Waals surface area contributed by atoms with Gasteiger partial charge < -0.3 is 14.8 Å². The molecule has 4 bridgehead atoms. The van der Waals surface area contributed by atoms with Gasteiger partial charge >= 0.3 is 0 Å². The summed E-state index contributed by atoms with van der Waals surface area (Å²) in [5.74, 6) is 2.60. The van der Waals surface area contributed by atoms with Crippen LogP contribution >= 0.6 is 0 Å². The average molecular weight is 326 g/mol. The Hall–Kier alpha value is -1.52. The highest BCUT2D eigenvalue weighted by Crippen LogP contribution is 2.53. The average Bonchev–Trinajstić information content (AvgIpc) is 2.91. The number of fused-ring (bicyclic) bond motifs is 4. The van der Waals surface area contributed by atoms with Gasteiger partial charge in [-0.15, -0.1) is 0 Å². The van der Waals surface area contributed by atoms with Gasteiger partial charge in [-0.2, -0.15) is 0 Å². The quantitative estimate of drug-likeness (QED) is 0.890. The van der Waals surface area contributed by atoms with E-state index < -0.39 is 0 Å². The van der Waals surface area contributed by atoms with Gasteiger partial charge in [-0.1, -0.05) is 13.3 Å². The number of methoxy groups -OCH3 is 1. The topological polar surface area (TPSA) is 48.5 Å². The van der Waals surface area contributed by atoms with E-state index in [2.05, 4.69) is 28.9 Å². The third-order valence-electron chi connectivity index (χ3n) is 6.86. The van der Waals surface area contributed by atoms with Gasteiger partial charge in [0.15, 0.2) is 0 Å². The van der Waals surface area contributed by atoms with E-state index in [4.69, 9.17) is 4.74 Å². The molecule has 4 heteroatoms. The van der Waals surface area contributed by atoms with Crippen LogP contribution in [-0.4, -0.2) is 40.9 Å². The van der Waals surface area contributed by atoms with Crippen molar-refractivity contribution in [2.45, 2.75) is 50.8 Å². The van der Waals surface area contributed by atoms with Crippen molar-refractivity contribution in [1.29, 1.82) is 0 Å². The number of rotatable bonds is 2. The number of hydrogen-bond acceptors (Lipinski definition) is 3. The molecule has 4 nitrogen and oxygen atoms in total. The van der Waals surface area contributed by atoms with E-state index in [0.29, 0.717) is 23.8 Å². The number of ether oxygens (including phenoxy) is 1. The van der Waals surface area contributed by atoms with Crippen molar-refractivity contribution in [3.8, 4) is 5.75 Å². The lowest BCUT2D eigenvalue weighted by Crippen LogP contribution is -2.61. The molecule has 6 unspecified atom stereocenters. The second kappa shape index (κ2) is 5.24. The predicted octanol–water partition coefficient (Wildman–Crippen LogP) is 3.26. The lowest BCUT2D eigenvalue weighted by atomic mass is 9.64. The van der Waals surface area contributed by atoms with Crippen LogP contribution in [0, 0.1) is 11.8 Å². The maximum Gasteiger partial charge on any atom is 0.119 e. The van der Waals surface area contributed by atoms with Gasteiger partial charge in [-0.25, -0.2) is 0 Å². The number of piperidine rings is 2. The molecule has 2 N–H and O–H groups in total. The Kier molecular flexibility index (Phi) is 3.23. The first-order chi connectivity index (χ1) is 11.7.